The lowest BCUT2D eigenvalue weighted by molar-refractivity contribution is 0.0954. The number of H-pyrrole nitrogens is 1. The number of urea groups is 1. The molecule has 0 aliphatic carbocycles. The molecular formula is C12H15BrN6O2. The number of aromatic nitrogens is 3. The number of nitrogens with two attached hydrogens (primary N) is 1. The highest BCUT2D eigenvalue weighted by Crippen LogP contribution is 2.20. The van der Waals surface area contributed by atoms with Gasteiger partial charge in [0.1, 0.15) is 11.0 Å². The van der Waals surface area contributed by atoms with Gasteiger partial charge < -0.3 is 16.4 Å². The molecule has 0 saturated carbocycles. The SMILES string of the molecule is NC(=O)NCCCCNC(=O)c1cc(Br)cc2n[nH]nc12. The molecule has 0 aliphatic rings. The largest absolute Gasteiger partial charge is 0.352 e. The van der Waals surface area contributed by atoms with Crippen molar-refractivity contribution < 1.29 is 9.59 Å². The molecule has 1 aromatic heterocycles. The summed E-state index contributed by atoms with van der Waals surface area (Å²) in [7, 11) is 0. The molecule has 3 amide bonds. The Kier molecular flexibility index (Phi) is 5.09. The van der Waals surface area contributed by atoms with Crippen molar-refractivity contribution in [1.29, 1.82) is 0 Å². The minimum absolute atomic E-state index is 0.210. The molecule has 0 aliphatic heterocycles. The lowest BCUT2D eigenvalue weighted by atomic mass is 10.1. The summed E-state index contributed by atoms with van der Waals surface area (Å²) in [4.78, 5) is 22.6. The Balaban J connectivity index is 1.88. The molecule has 0 fully saturated rings. The molecule has 9 heteroatoms. The fraction of sp³-hybridized carbons (Fsp3) is 0.333. The first-order chi connectivity index (χ1) is 10.1. The van der Waals surface area contributed by atoms with Gasteiger partial charge in [0.05, 0.1) is 5.56 Å². The number of carbonyl (C=O) groups excluding carboxylic acids is 2. The van der Waals surface area contributed by atoms with Gasteiger partial charge in [-0.2, -0.15) is 15.4 Å². The van der Waals surface area contributed by atoms with Gasteiger partial charge in [-0.1, -0.05) is 15.9 Å². The molecule has 8 nitrogen and oxygen atoms in total. The van der Waals surface area contributed by atoms with E-state index in [2.05, 4.69) is 42.0 Å². The zero-order chi connectivity index (χ0) is 15.2. The quantitative estimate of drug-likeness (QED) is 0.574. The van der Waals surface area contributed by atoms with E-state index < -0.39 is 6.03 Å². The number of hydrogen-bond acceptors (Lipinski definition) is 4. The second-order valence-electron chi connectivity index (χ2n) is 4.40. The number of nitrogens with one attached hydrogen (secondary N) is 3. The zero-order valence-electron chi connectivity index (χ0n) is 11.1. The van der Waals surface area contributed by atoms with Gasteiger partial charge in [-0.3, -0.25) is 4.79 Å². The van der Waals surface area contributed by atoms with E-state index in [1.54, 1.807) is 12.1 Å². The van der Waals surface area contributed by atoms with Crippen LogP contribution in [0.2, 0.25) is 0 Å². The van der Waals surface area contributed by atoms with Gasteiger partial charge in [0.15, 0.2) is 0 Å². The Morgan fingerprint density at radius 2 is 1.90 bits per heavy atom. The van der Waals surface area contributed by atoms with Gasteiger partial charge in [0, 0.05) is 17.6 Å². The van der Waals surface area contributed by atoms with Crippen LogP contribution in [0.15, 0.2) is 16.6 Å². The van der Waals surface area contributed by atoms with Gasteiger partial charge >= 0.3 is 6.03 Å². The van der Waals surface area contributed by atoms with Crippen molar-refractivity contribution in [1.82, 2.24) is 26.0 Å². The minimum Gasteiger partial charge on any atom is -0.352 e. The van der Waals surface area contributed by atoms with E-state index in [-0.39, 0.29) is 5.91 Å². The third-order valence-corrected chi connectivity index (χ3v) is 3.28. The lowest BCUT2D eigenvalue weighted by Crippen LogP contribution is -2.31. The fourth-order valence-electron chi connectivity index (χ4n) is 1.85. The summed E-state index contributed by atoms with van der Waals surface area (Å²) in [6.07, 6.45) is 1.48. The number of fused-ring (bicyclic) bond motifs is 1. The van der Waals surface area contributed by atoms with Crippen LogP contribution < -0.4 is 16.4 Å². The van der Waals surface area contributed by atoms with E-state index in [4.69, 9.17) is 5.73 Å². The maximum atomic E-state index is 12.1. The predicted octanol–water partition coefficient (Wildman–Crippen LogP) is 0.899. The first kappa shape index (κ1) is 15.2. The molecule has 112 valence electrons. The predicted molar refractivity (Wildman–Crippen MR) is 80.7 cm³/mol. The van der Waals surface area contributed by atoms with E-state index in [0.717, 1.165) is 17.3 Å². The second-order valence-corrected chi connectivity index (χ2v) is 5.31. The molecule has 2 rings (SSSR count). The van der Waals surface area contributed by atoms with Gasteiger partial charge in [0.25, 0.3) is 5.91 Å². The molecule has 0 spiro atoms. The van der Waals surface area contributed by atoms with Crippen molar-refractivity contribution in [2.24, 2.45) is 5.73 Å². The molecule has 21 heavy (non-hydrogen) atoms. The average molecular weight is 355 g/mol. The number of carbonyl (C=O) groups is 2. The number of aromatic amines is 1. The number of benzene rings is 1. The standard InChI is InChI=1S/C12H15BrN6O2/c13-7-5-8(10-9(6-7)17-19-18-10)11(20)15-3-1-2-4-16-12(14)21/h5-6H,1-4H2,(H,15,20)(H3,14,16,21)(H,17,18,19). The van der Waals surface area contributed by atoms with E-state index in [1.807, 2.05) is 0 Å². The van der Waals surface area contributed by atoms with E-state index >= 15 is 0 Å². The third-order valence-electron chi connectivity index (χ3n) is 2.82. The summed E-state index contributed by atoms with van der Waals surface area (Å²) < 4.78 is 0.764. The first-order valence-electron chi connectivity index (χ1n) is 6.39. The van der Waals surface area contributed by atoms with Crippen LogP contribution in [-0.4, -0.2) is 40.4 Å². The normalized spacial score (nSPS) is 10.5. The van der Waals surface area contributed by atoms with Crippen LogP contribution >= 0.6 is 15.9 Å². The maximum Gasteiger partial charge on any atom is 0.312 e. The Morgan fingerprint density at radius 1 is 1.19 bits per heavy atom. The zero-order valence-corrected chi connectivity index (χ0v) is 12.7. The molecular weight excluding hydrogens is 340 g/mol. The number of primary amides is 1. The van der Waals surface area contributed by atoms with Crippen molar-refractivity contribution in [2.45, 2.75) is 12.8 Å². The number of unbranched alkanes of at least 4 members (excludes halogenated alkanes) is 1. The van der Waals surface area contributed by atoms with E-state index in [0.29, 0.717) is 29.7 Å². The van der Waals surface area contributed by atoms with Gasteiger partial charge in [-0.25, -0.2) is 4.79 Å². The number of hydrogen-bond donors (Lipinski definition) is 4. The fourth-order valence-corrected chi connectivity index (χ4v) is 2.29. The number of rotatable bonds is 6. The highest BCUT2D eigenvalue weighted by molar-refractivity contribution is 9.10. The van der Waals surface area contributed by atoms with Crippen LogP contribution in [0.1, 0.15) is 23.2 Å². The molecule has 2 aromatic rings. The summed E-state index contributed by atoms with van der Waals surface area (Å²) in [5.74, 6) is -0.210. The van der Waals surface area contributed by atoms with Crippen molar-refractivity contribution in [3.63, 3.8) is 0 Å². The Labute approximate surface area is 129 Å². The molecule has 1 aromatic carbocycles. The average Bonchev–Trinajstić information content (AvgIpc) is 2.89. The number of nitrogens with zero attached hydrogens (tertiary/aromatic N) is 2. The molecule has 0 radical (unpaired) electrons. The topological polar surface area (TPSA) is 126 Å². The molecule has 0 bridgehead atoms. The summed E-state index contributed by atoms with van der Waals surface area (Å²) in [6.45, 7) is 1.00. The summed E-state index contributed by atoms with van der Waals surface area (Å²) in [6, 6.07) is 2.95. The van der Waals surface area contributed by atoms with Crippen molar-refractivity contribution >= 4 is 38.9 Å². The summed E-state index contributed by atoms with van der Waals surface area (Å²) in [5, 5.41) is 15.7. The maximum absolute atomic E-state index is 12.1. The number of amides is 3. The van der Waals surface area contributed by atoms with Gasteiger partial charge in [-0.05, 0) is 25.0 Å². The van der Waals surface area contributed by atoms with Crippen molar-refractivity contribution in [3.05, 3.63) is 22.2 Å². The van der Waals surface area contributed by atoms with Crippen LogP contribution in [0.25, 0.3) is 11.0 Å². The Hall–Kier alpha value is -2.16. The smallest absolute Gasteiger partial charge is 0.312 e. The highest BCUT2D eigenvalue weighted by atomic mass is 79.9. The molecule has 5 N–H and O–H groups in total. The van der Waals surface area contributed by atoms with Crippen LogP contribution in [0.4, 0.5) is 4.79 Å². The molecule has 0 saturated heterocycles. The van der Waals surface area contributed by atoms with Crippen LogP contribution in [0.5, 0.6) is 0 Å². The number of halogens is 1. The van der Waals surface area contributed by atoms with Crippen LogP contribution in [-0.2, 0) is 0 Å². The lowest BCUT2D eigenvalue weighted by Gasteiger charge is -2.06. The van der Waals surface area contributed by atoms with E-state index in [9.17, 15) is 9.59 Å². The van der Waals surface area contributed by atoms with Gasteiger partial charge in [-0.15, -0.1) is 0 Å². The van der Waals surface area contributed by atoms with E-state index in [1.165, 1.54) is 0 Å². The monoisotopic (exact) mass is 354 g/mol. The molecule has 0 unspecified atom stereocenters. The van der Waals surface area contributed by atoms with Crippen molar-refractivity contribution in [2.75, 3.05) is 13.1 Å². The Morgan fingerprint density at radius 3 is 2.62 bits per heavy atom. The van der Waals surface area contributed by atoms with Crippen LogP contribution in [0.3, 0.4) is 0 Å². The third kappa shape index (κ3) is 4.15. The van der Waals surface area contributed by atoms with Crippen LogP contribution in [0, 0.1) is 0 Å². The highest BCUT2D eigenvalue weighted by Gasteiger charge is 2.13. The molecule has 1 heterocycles. The summed E-state index contributed by atoms with van der Waals surface area (Å²) >= 11 is 3.34. The first-order valence-corrected chi connectivity index (χ1v) is 7.19. The van der Waals surface area contributed by atoms with Crippen molar-refractivity contribution in [3.8, 4) is 0 Å². The van der Waals surface area contributed by atoms with Gasteiger partial charge in [0.2, 0.25) is 0 Å². The summed E-state index contributed by atoms with van der Waals surface area (Å²) in [5.41, 5.74) is 6.57. The molecule has 0 atom stereocenters. The minimum atomic E-state index is -0.540. The Bertz CT molecular complexity index is 656. The second kappa shape index (κ2) is 7.02.